The number of carbonyl (C=O) groups is 2. The lowest BCUT2D eigenvalue weighted by Crippen LogP contribution is -2.37. The van der Waals surface area contributed by atoms with Crippen LogP contribution in [-0.2, 0) is 32.5 Å². The van der Waals surface area contributed by atoms with Crippen molar-refractivity contribution in [3.05, 3.63) is 53.6 Å². The molecule has 0 unspecified atom stereocenters. The molecule has 2 aromatic carbocycles. The monoisotopic (exact) mass is 415 g/mol. The van der Waals surface area contributed by atoms with Crippen LogP contribution in [0, 0.1) is 0 Å². The number of nitrogens with zero attached hydrogens (tertiary/aromatic N) is 1. The van der Waals surface area contributed by atoms with Gasteiger partial charge in [0, 0.05) is 24.8 Å². The molecule has 0 heterocycles. The molecule has 2 N–H and O–H groups in total. The van der Waals surface area contributed by atoms with Crippen molar-refractivity contribution in [2.75, 3.05) is 23.7 Å². The quantitative estimate of drug-likeness (QED) is 0.727. The molecule has 2 aromatic rings. The molecule has 0 fully saturated rings. The first-order valence-corrected chi connectivity index (χ1v) is 11.0. The lowest BCUT2D eigenvalue weighted by molar-refractivity contribution is -0.116. The fraction of sp³-hybridized carbons (Fsp3) is 0.333. The first-order valence-electron chi connectivity index (χ1n) is 9.59. The Morgan fingerprint density at radius 2 is 1.59 bits per heavy atom. The largest absolute Gasteiger partial charge is 0.326 e. The highest BCUT2D eigenvalue weighted by atomic mass is 32.2. The third-order valence-corrected chi connectivity index (χ3v) is 6.79. The van der Waals surface area contributed by atoms with Gasteiger partial charge in [-0.05, 0) is 66.8 Å². The molecule has 0 aromatic heterocycles. The van der Waals surface area contributed by atoms with Crippen LogP contribution in [-0.4, -0.2) is 37.6 Å². The molecule has 3 rings (SSSR count). The Balaban J connectivity index is 1.68. The van der Waals surface area contributed by atoms with Crippen molar-refractivity contribution in [2.45, 2.75) is 38.0 Å². The zero-order valence-corrected chi connectivity index (χ0v) is 17.4. The fourth-order valence-corrected chi connectivity index (χ4v) is 4.88. The van der Waals surface area contributed by atoms with Crippen molar-refractivity contribution in [3.63, 3.8) is 0 Å². The van der Waals surface area contributed by atoms with E-state index >= 15 is 0 Å². The van der Waals surface area contributed by atoms with Crippen LogP contribution in [0.4, 0.5) is 11.4 Å². The van der Waals surface area contributed by atoms with Gasteiger partial charge in [0.25, 0.3) is 0 Å². The molecule has 1 aliphatic carbocycles. The molecule has 1 aliphatic rings. The number of amides is 2. The first kappa shape index (κ1) is 21.0. The predicted octanol–water partition coefficient (Wildman–Crippen LogP) is 2.78. The van der Waals surface area contributed by atoms with Gasteiger partial charge in [0.2, 0.25) is 21.8 Å². The summed E-state index contributed by atoms with van der Waals surface area (Å²) in [6.45, 7) is 3.04. The van der Waals surface area contributed by atoms with Gasteiger partial charge in [-0.2, -0.15) is 4.31 Å². The van der Waals surface area contributed by atoms with Crippen LogP contribution in [0.1, 0.15) is 31.4 Å². The zero-order valence-electron chi connectivity index (χ0n) is 16.6. The normalized spacial score (nSPS) is 13.2. The van der Waals surface area contributed by atoms with Gasteiger partial charge >= 0.3 is 0 Å². The maximum atomic E-state index is 13.0. The topological polar surface area (TPSA) is 95.6 Å². The number of anilines is 2. The molecular formula is C21H25N3O4S. The maximum absolute atomic E-state index is 13.0. The summed E-state index contributed by atoms with van der Waals surface area (Å²) >= 11 is 0. The number of rotatable bonds is 7. The molecule has 0 radical (unpaired) electrons. The van der Waals surface area contributed by atoms with E-state index in [4.69, 9.17) is 0 Å². The Hall–Kier alpha value is -2.71. The van der Waals surface area contributed by atoms with Crippen LogP contribution in [0.3, 0.4) is 0 Å². The van der Waals surface area contributed by atoms with Gasteiger partial charge in [0.05, 0.1) is 11.4 Å². The number of likely N-dealkylation sites (N-methyl/N-ethyl adjacent to an activating group) is 1. The summed E-state index contributed by atoms with van der Waals surface area (Å²) in [5.41, 5.74) is 3.42. The van der Waals surface area contributed by atoms with E-state index in [2.05, 4.69) is 10.6 Å². The van der Waals surface area contributed by atoms with Gasteiger partial charge in [0.15, 0.2) is 0 Å². The van der Waals surface area contributed by atoms with Crippen molar-refractivity contribution in [3.8, 4) is 0 Å². The molecule has 0 saturated heterocycles. The molecule has 0 saturated carbocycles. The summed E-state index contributed by atoms with van der Waals surface area (Å²) in [5, 5.41) is 5.34. The summed E-state index contributed by atoms with van der Waals surface area (Å²) in [7, 11) is -3.76. The molecule has 7 nitrogen and oxygen atoms in total. The lowest BCUT2D eigenvalue weighted by atomic mass is 10.1. The van der Waals surface area contributed by atoms with Crippen molar-refractivity contribution < 1.29 is 18.0 Å². The molecule has 0 bridgehead atoms. The van der Waals surface area contributed by atoms with E-state index in [9.17, 15) is 18.0 Å². The van der Waals surface area contributed by atoms with Gasteiger partial charge in [-0.15, -0.1) is 0 Å². The Kier molecular flexibility index (Phi) is 6.34. The minimum Gasteiger partial charge on any atom is -0.326 e. The Morgan fingerprint density at radius 1 is 0.966 bits per heavy atom. The van der Waals surface area contributed by atoms with Crippen LogP contribution in [0.25, 0.3) is 0 Å². The van der Waals surface area contributed by atoms with Crippen LogP contribution in [0.2, 0.25) is 0 Å². The number of nitrogens with one attached hydrogen (secondary N) is 2. The summed E-state index contributed by atoms with van der Waals surface area (Å²) < 4.78 is 27.2. The van der Waals surface area contributed by atoms with Gasteiger partial charge in [-0.3, -0.25) is 9.59 Å². The number of aryl methyl sites for hydroxylation is 2. The summed E-state index contributed by atoms with van der Waals surface area (Å²) in [4.78, 5) is 23.7. The molecule has 0 atom stereocenters. The van der Waals surface area contributed by atoms with Crippen molar-refractivity contribution in [2.24, 2.45) is 0 Å². The molecule has 8 heteroatoms. The first-order chi connectivity index (χ1) is 13.8. The highest BCUT2D eigenvalue weighted by Crippen LogP contribution is 2.26. The van der Waals surface area contributed by atoms with E-state index in [1.807, 2.05) is 6.07 Å². The number of carbonyl (C=O) groups excluding carboxylic acids is 2. The third-order valence-electron chi connectivity index (χ3n) is 4.87. The van der Waals surface area contributed by atoms with Crippen molar-refractivity contribution in [1.82, 2.24) is 4.31 Å². The molecule has 154 valence electrons. The van der Waals surface area contributed by atoms with E-state index in [1.54, 1.807) is 43.3 Å². The Labute approximate surface area is 171 Å². The van der Waals surface area contributed by atoms with Crippen LogP contribution < -0.4 is 10.6 Å². The smallest absolute Gasteiger partial charge is 0.243 e. The maximum Gasteiger partial charge on any atom is 0.243 e. The van der Waals surface area contributed by atoms with E-state index in [-0.39, 0.29) is 23.9 Å². The molecule has 0 spiro atoms. The second kappa shape index (κ2) is 8.75. The number of hydrogen-bond acceptors (Lipinski definition) is 4. The van der Waals surface area contributed by atoms with Gasteiger partial charge < -0.3 is 10.6 Å². The van der Waals surface area contributed by atoms with E-state index in [1.165, 1.54) is 16.8 Å². The molecule has 29 heavy (non-hydrogen) atoms. The fourth-order valence-electron chi connectivity index (χ4n) is 3.43. The summed E-state index contributed by atoms with van der Waals surface area (Å²) in [6, 6.07) is 11.9. The van der Waals surface area contributed by atoms with Gasteiger partial charge in [-0.1, -0.05) is 13.0 Å². The standard InChI is InChI=1S/C21H25N3O4S/c1-3-24(29(27,28)20-12-7-16-5-4-6-17(16)13-20)14-21(26)23-19-10-8-18(9-11-19)22-15(2)25/h7-13H,3-6,14H2,1-2H3,(H,22,25)(H,23,26). The minimum atomic E-state index is -3.76. The summed E-state index contributed by atoms with van der Waals surface area (Å²) in [5.74, 6) is -0.610. The highest BCUT2D eigenvalue weighted by Gasteiger charge is 2.26. The number of sulfonamides is 1. The minimum absolute atomic E-state index is 0.183. The molecular weight excluding hydrogens is 390 g/mol. The Morgan fingerprint density at radius 3 is 2.21 bits per heavy atom. The van der Waals surface area contributed by atoms with Crippen molar-refractivity contribution in [1.29, 1.82) is 0 Å². The highest BCUT2D eigenvalue weighted by molar-refractivity contribution is 7.89. The average Bonchev–Trinajstić information content (AvgIpc) is 3.15. The van der Waals surface area contributed by atoms with Gasteiger partial charge in [-0.25, -0.2) is 8.42 Å². The van der Waals surface area contributed by atoms with Crippen molar-refractivity contribution >= 4 is 33.2 Å². The second-order valence-corrected chi connectivity index (χ2v) is 8.96. The average molecular weight is 416 g/mol. The van der Waals surface area contributed by atoms with Crippen LogP contribution in [0.15, 0.2) is 47.4 Å². The SMILES string of the molecule is CCN(CC(=O)Nc1ccc(NC(C)=O)cc1)S(=O)(=O)c1ccc2c(c1)CCC2. The van der Waals surface area contributed by atoms with Crippen LogP contribution >= 0.6 is 0 Å². The van der Waals surface area contributed by atoms with E-state index in [0.29, 0.717) is 11.4 Å². The lowest BCUT2D eigenvalue weighted by Gasteiger charge is -2.20. The predicted molar refractivity (Wildman–Crippen MR) is 112 cm³/mol. The number of hydrogen-bond donors (Lipinski definition) is 2. The van der Waals surface area contributed by atoms with Gasteiger partial charge in [0.1, 0.15) is 0 Å². The van der Waals surface area contributed by atoms with Crippen LogP contribution in [0.5, 0.6) is 0 Å². The zero-order chi connectivity index (χ0) is 21.0. The molecule has 0 aliphatic heterocycles. The third kappa shape index (κ3) is 5.02. The van der Waals surface area contributed by atoms with E-state index in [0.717, 1.165) is 24.8 Å². The number of benzene rings is 2. The summed E-state index contributed by atoms with van der Waals surface area (Å²) in [6.07, 6.45) is 2.91. The van der Waals surface area contributed by atoms with E-state index < -0.39 is 15.9 Å². The second-order valence-electron chi connectivity index (χ2n) is 7.02. The molecule has 2 amide bonds. The number of fused-ring (bicyclic) bond motifs is 1. The Bertz CT molecular complexity index is 1020.